The number of nitrogens with zero attached hydrogens (tertiary/aromatic N) is 4. The predicted molar refractivity (Wildman–Crippen MR) is 122 cm³/mol. The second kappa shape index (κ2) is 8.90. The Balaban J connectivity index is 1.48. The van der Waals surface area contributed by atoms with Gasteiger partial charge in [0.15, 0.2) is 0 Å². The van der Waals surface area contributed by atoms with E-state index in [9.17, 15) is 18.4 Å². The molecule has 3 heterocycles. The second-order valence-electron chi connectivity index (χ2n) is 8.08. The summed E-state index contributed by atoms with van der Waals surface area (Å²) in [7, 11) is 0. The number of hydrogen-bond acceptors (Lipinski definition) is 4. The third-order valence-corrected chi connectivity index (χ3v) is 6.17. The van der Waals surface area contributed by atoms with Gasteiger partial charge in [-0.05, 0) is 48.4 Å². The van der Waals surface area contributed by atoms with Gasteiger partial charge in [0.1, 0.15) is 24.0 Å². The minimum absolute atomic E-state index is 0.0775. The molecule has 1 saturated heterocycles. The maximum atomic E-state index is 13.5. The Morgan fingerprint density at radius 3 is 2.62 bits per heavy atom. The van der Waals surface area contributed by atoms with Crippen LogP contribution in [0, 0.1) is 11.6 Å². The van der Waals surface area contributed by atoms with Gasteiger partial charge in [0.05, 0.1) is 34.0 Å². The predicted octanol–water partition coefficient (Wildman–Crippen LogP) is 4.10. The van der Waals surface area contributed by atoms with Gasteiger partial charge in [-0.25, -0.2) is 13.6 Å². The Hall–Kier alpha value is -3.72. The van der Waals surface area contributed by atoms with Crippen LogP contribution in [0.25, 0.3) is 16.7 Å². The molecular formula is C24H19ClF2N4O3. The Morgan fingerprint density at radius 2 is 1.91 bits per heavy atom. The lowest BCUT2D eigenvalue weighted by molar-refractivity contribution is -0.117. The number of benzene rings is 2. The summed E-state index contributed by atoms with van der Waals surface area (Å²) in [6.45, 7) is 0.969. The summed E-state index contributed by atoms with van der Waals surface area (Å²) >= 11 is 6.43. The van der Waals surface area contributed by atoms with E-state index in [0.29, 0.717) is 47.5 Å². The van der Waals surface area contributed by atoms with Gasteiger partial charge in [-0.15, -0.1) is 0 Å². The maximum absolute atomic E-state index is 13.5. The van der Waals surface area contributed by atoms with Crippen LogP contribution in [-0.4, -0.2) is 38.5 Å². The maximum Gasteiger partial charge on any atom is 0.334 e. The van der Waals surface area contributed by atoms with Crippen molar-refractivity contribution in [3.8, 4) is 11.4 Å². The molecule has 1 atom stereocenters. The number of pyridine rings is 1. The minimum atomic E-state index is -0.692. The lowest BCUT2D eigenvalue weighted by atomic mass is 10.2. The summed E-state index contributed by atoms with van der Waals surface area (Å²) in [6, 6.07) is 9.65. The van der Waals surface area contributed by atoms with Crippen molar-refractivity contribution in [1.82, 2.24) is 19.0 Å². The van der Waals surface area contributed by atoms with Crippen molar-refractivity contribution in [2.45, 2.75) is 19.1 Å². The number of halogens is 3. The topological polar surface area (TPSA) is 69.4 Å². The van der Waals surface area contributed by atoms with Crippen LogP contribution >= 0.6 is 11.6 Å². The van der Waals surface area contributed by atoms with E-state index in [-0.39, 0.29) is 23.4 Å². The van der Waals surface area contributed by atoms with E-state index < -0.39 is 11.6 Å². The number of likely N-dealkylation sites (tertiary alicyclic amines) is 1. The van der Waals surface area contributed by atoms with Gasteiger partial charge < -0.3 is 9.64 Å². The highest BCUT2D eigenvalue weighted by Crippen LogP contribution is 2.30. The highest BCUT2D eigenvalue weighted by atomic mass is 35.5. The smallest absolute Gasteiger partial charge is 0.334 e. The molecule has 1 fully saturated rings. The highest BCUT2D eigenvalue weighted by Gasteiger charge is 2.27. The van der Waals surface area contributed by atoms with E-state index in [1.54, 1.807) is 46.1 Å². The number of fused-ring (bicyclic) bond motifs is 1. The largest absolute Gasteiger partial charge is 0.487 e. The monoisotopic (exact) mass is 484 g/mol. The van der Waals surface area contributed by atoms with Crippen LogP contribution < -0.4 is 10.4 Å². The molecule has 174 valence electrons. The number of aromatic nitrogens is 3. The van der Waals surface area contributed by atoms with Crippen molar-refractivity contribution in [3.63, 3.8) is 0 Å². The van der Waals surface area contributed by atoms with Crippen LogP contribution in [0.2, 0.25) is 5.02 Å². The molecule has 0 bridgehead atoms. The van der Waals surface area contributed by atoms with Crippen LogP contribution in [0.3, 0.4) is 0 Å². The zero-order valence-corrected chi connectivity index (χ0v) is 18.6. The van der Waals surface area contributed by atoms with Crippen molar-refractivity contribution in [1.29, 1.82) is 0 Å². The molecule has 0 N–H and O–H groups in total. The number of amides is 1. The molecule has 7 nitrogen and oxygen atoms in total. The number of imidazole rings is 1. The first kappa shape index (κ1) is 22.1. The van der Waals surface area contributed by atoms with Crippen molar-refractivity contribution >= 4 is 29.0 Å². The average molecular weight is 485 g/mol. The van der Waals surface area contributed by atoms with E-state index in [2.05, 4.69) is 4.98 Å². The molecule has 0 spiro atoms. The minimum Gasteiger partial charge on any atom is -0.487 e. The molecule has 10 heteroatoms. The number of carbonyl (C=O) groups is 1. The molecule has 2 aromatic carbocycles. The molecule has 0 aliphatic carbocycles. The normalized spacial score (nSPS) is 15.7. The summed E-state index contributed by atoms with van der Waals surface area (Å²) in [6.07, 6.45) is 4.70. The van der Waals surface area contributed by atoms with Gasteiger partial charge in [0.25, 0.3) is 0 Å². The Kier molecular flexibility index (Phi) is 5.79. The van der Waals surface area contributed by atoms with Crippen molar-refractivity contribution in [2.24, 2.45) is 0 Å². The Labute approximate surface area is 197 Å². The van der Waals surface area contributed by atoms with E-state index in [4.69, 9.17) is 16.3 Å². The van der Waals surface area contributed by atoms with E-state index in [1.807, 2.05) is 0 Å². The highest BCUT2D eigenvalue weighted by molar-refractivity contribution is 6.32. The summed E-state index contributed by atoms with van der Waals surface area (Å²) in [5, 5.41) is 0.235. The zero-order chi connectivity index (χ0) is 23.8. The second-order valence-corrected chi connectivity index (χ2v) is 8.48. The summed E-state index contributed by atoms with van der Waals surface area (Å²) in [5.74, 6) is -1.08. The van der Waals surface area contributed by atoms with Crippen LogP contribution in [0.4, 0.5) is 8.78 Å². The lowest BCUT2D eigenvalue weighted by Gasteiger charge is -2.12. The van der Waals surface area contributed by atoms with E-state index in [0.717, 1.165) is 12.5 Å². The molecule has 1 amide bonds. The molecule has 1 aliphatic rings. The van der Waals surface area contributed by atoms with Gasteiger partial charge in [-0.2, -0.15) is 0 Å². The molecule has 0 unspecified atom stereocenters. The van der Waals surface area contributed by atoms with Crippen molar-refractivity contribution in [3.05, 3.63) is 87.6 Å². The average Bonchev–Trinajstić information content (AvgIpc) is 3.39. The first-order valence-corrected chi connectivity index (χ1v) is 11.0. The third kappa shape index (κ3) is 4.03. The molecule has 2 aromatic heterocycles. The standard InChI is InChI=1S/C24H19ClF2N4O3/c25-20-10-18(1-2-23(20)34-13-15-7-16(26)9-17(27)8-15)30-22-11-28-5-3-21(22)31(24(30)33)19-4-6-29(12-19)14-32/h1-3,5,7-11,14,19H,4,6,12-13H2/t19-/m1/s1. The molecular weight excluding hydrogens is 466 g/mol. The number of ether oxygens (including phenoxy) is 1. The third-order valence-electron chi connectivity index (χ3n) is 5.87. The van der Waals surface area contributed by atoms with Gasteiger partial charge in [-0.3, -0.25) is 18.9 Å². The summed E-state index contributed by atoms with van der Waals surface area (Å²) in [5.41, 5.74) is 1.89. The van der Waals surface area contributed by atoms with E-state index >= 15 is 0 Å². The first-order chi connectivity index (χ1) is 16.4. The Morgan fingerprint density at radius 1 is 1.12 bits per heavy atom. The van der Waals surface area contributed by atoms with Crippen LogP contribution in [0.1, 0.15) is 18.0 Å². The fourth-order valence-corrected chi connectivity index (χ4v) is 4.58. The van der Waals surface area contributed by atoms with Gasteiger partial charge in [-0.1, -0.05) is 11.6 Å². The molecule has 0 saturated carbocycles. The van der Waals surface area contributed by atoms with Crippen molar-refractivity contribution in [2.75, 3.05) is 13.1 Å². The van der Waals surface area contributed by atoms with Gasteiger partial charge >= 0.3 is 5.69 Å². The molecule has 4 aromatic rings. The van der Waals surface area contributed by atoms with Crippen molar-refractivity contribution < 1.29 is 18.3 Å². The van der Waals surface area contributed by atoms with Gasteiger partial charge in [0, 0.05) is 25.4 Å². The fourth-order valence-electron chi connectivity index (χ4n) is 4.35. The SMILES string of the molecule is O=CN1CC[C@@H](n2c(=O)n(-c3ccc(OCc4cc(F)cc(F)c4)c(Cl)c3)c3cnccc32)C1. The number of carbonyl (C=O) groups excluding carboxylic acids is 1. The van der Waals surface area contributed by atoms with Crippen LogP contribution in [0.15, 0.2) is 59.7 Å². The molecule has 1 aliphatic heterocycles. The van der Waals surface area contributed by atoms with E-state index in [1.165, 1.54) is 16.7 Å². The fraction of sp³-hybridized carbons (Fsp3) is 0.208. The molecule has 34 heavy (non-hydrogen) atoms. The quantitative estimate of drug-likeness (QED) is 0.386. The first-order valence-electron chi connectivity index (χ1n) is 10.6. The molecule has 0 radical (unpaired) electrons. The number of rotatable bonds is 6. The molecule has 5 rings (SSSR count). The lowest BCUT2D eigenvalue weighted by Crippen LogP contribution is -2.28. The zero-order valence-electron chi connectivity index (χ0n) is 17.8. The van der Waals surface area contributed by atoms with Gasteiger partial charge in [0.2, 0.25) is 6.41 Å². The number of hydrogen-bond donors (Lipinski definition) is 0. The Bertz CT molecular complexity index is 1430. The van der Waals surface area contributed by atoms with Crippen LogP contribution in [-0.2, 0) is 11.4 Å². The summed E-state index contributed by atoms with van der Waals surface area (Å²) in [4.78, 5) is 30.5. The summed E-state index contributed by atoms with van der Waals surface area (Å²) < 4.78 is 35.7. The van der Waals surface area contributed by atoms with Crippen LogP contribution in [0.5, 0.6) is 5.75 Å².